The van der Waals surface area contributed by atoms with Crippen LogP contribution in [0.4, 0.5) is 5.69 Å². The van der Waals surface area contributed by atoms with Gasteiger partial charge in [0.15, 0.2) is 0 Å². The highest BCUT2D eigenvalue weighted by atomic mass is 35.5. The molecule has 1 aromatic heterocycles. The predicted molar refractivity (Wildman–Crippen MR) is 124 cm³/mol. The summed E-state index contributed by atoms with van der Waals surface area (Å²) < 4.78 is 1.37. The van der Waals surface area contributed by atoms with Gasteiger partial charge in [-0.15, -0.1) is 36.2 Å². The molecule has 1 aliphatic carbocycles. The highest BCUT2D eigenvalue weighted by molar-refractivity contribution is 7.17. The fourth-order valence-electron chi connectivity index (χ4n) is 4.27. The summed E-state index contributed by atoms with van der Waals surface area (Å²) in [6.45, 7) is 0. The van der Waals surface area contributed by atoms with E-state index in [2.05, 4.69) is 84.3 Å². The van der Waals surface area contributed by atoms with Crippen LogP contribution < -0.4 is 5.32 Å². The van der Waals surface area contributed by atoms with Crippen LogP contribution in [-0.4, -0.2) is 25.0 Å². The van der Waals surface area contributed by atoms with Gasteiger partial charge in [0.1, 0.15) is 0 Å². The Balaban J connectivity index is 0.00000131. The minimum atomic E-state index is 0. The number of rotatable bonds is 4. The quantitative estimate of drug-likeness (QED) is 0.511. The lowest BCUT2D eigenvalue weighted by Crippen LogP contribution is -2.46. The normalized spacial score (nSPS) is 22.1. The second-order valence-electron chi connectivity index (χ2n) is 7.38. The molecule has 0 spiro atoms. The molecule has 3 aromatic rings. The molecule has 1 aliphatic rings. The van der Waals surface area contributed by atoms with Gasteiger partial charge in [-0.2, -0.15) is 0 Å². The molecular formula is C22H28Cl2N2S. The van der Waals surface area contributed by atoms with Crippen molar-refractivity contribution < 1.29 is 0 Å². The molecule has 0 atom stereocenters. The van der Waals surface area contributed by atoms with Crippen LogP contribution >= 0.6 is 36.2 Å². The summed E-state index contributed by atoms with van der Waals surface area (Å²) >= 11 is 1.81. The summed E-state index contributed by atoms with van der Waals surface area (Å²) in [5.74, 6) is 0. The Hall–Kier alpha value is -1.26. The van der Waals surface area contributed by atoms with Crippen LogP contribution in [0.2, 0.25) is 0 Å². The average molecular weight is 423 g/mol. The molecule has 0 aliphatic heterocycles. The molecule has 2 nitrogen and oxygen atoms in total. The van der Waals surface area contributed by atoms with Crippen molar-refractivity contribution in [2.45, 2.75) is 37.3 Å². The van der Waals surface area contributed by atoms with Crippen molar-refractivity contribution >= 4 is 51.9 Å². The van der Waals surface area contributed by atoms with Crippen LogP contribution in [0.5, 0.6) is 0 Å². The fraction of sp³-hybridized carbons (Fsp3) is 0.364. The number of nitrogens with zero attached hydrogens (tertiary/aromatic N) is 1. The smallest absolute Gasteiger partial charge is 0.0456 e. The molecule has 27 heavy (non-hydrogen) atoms. The van der Waals surface area contributed by atoms with E-state index in [1.165, 1.54) is 47.0 Å². The van der Waals surface area contributed by atoms with Gasteiger partial charge >= 0.3 is 0 Å². The number of hydrogen-bond acceptors (Lipinski definition) is 3. The van der Waals surface area contributed by atoms with Gasteiger partial charge in [-0.3, -0.25) is 4.90 Å². The molecule has 0 bridgehead atoms. The summed E-state index contributed by atoms with van der Waals surface area (Å²) in [6, 6.07) is 20.5. The van der Waals surface area contributed by atoms with Crippen LogP contribution in [-0.2, 0) is 5.54 Å². The topological polar surface area (TPSA) is 15.3 Å². The zero-order chi connectivity index (χ0) is 17.3. The monoisotopic (exact) mass is 422 g/mol. The van der Waals surface area contributed by atoms with Crippen molar-refractivity contribution in [2.24, 2.45) is 0 Å². The van der Waals surface area contributed by atoms with Crippen molar-refractivity contribution in [1.29, 1.82) is 0 Å². The Morgan fingerprint density at radius 2 is 1.67 bits per heavy atom. The highest BCUT2D eigenvalue weighted by Gasteiger charge is 2.38. The number of fused-ring (bicyclic) bond motifs is 1. The zero-order valence-electron chi connectivity index (χ0n) is 15.9. The number of benzene rings is 2. The Kier molecular flexibility index (Phi) is 7.58. The van der Waals surface area contributed by atoms with Crippen LogP contribution in [0.3, 0.4) is 0 Å². The number of nitrogens with one attached hydrogen (secondary N) is 1. The largest absolute Gasteiger partial charge is 0.382 e. The maximum Gasteiger partial charge on any atom is 0.0456 e. The zero-order valence-corrected chi connectivity index (χ0v) is 18.3. The molecule has 146 valence electrons. The lowest BCUT2D eigenvalue weighted by atomic mass is 9.74. The first-order chi connectivity index (χ1) is 12.2. The molecule has 1 fully saturated rings. The van der Waals surface area contributed by atoms with Crippen LogP contribution in [0.25, 0.3) is 10.1 Å². The second-order valence-corrected chi connectivity index (χ2v) is 8.33. The number of anilines is 1. The SMILES string of the molecule is CN(C)C1(c2ccccc2)CCC(Nc2ccc3sccc3c2)CC1.Cl.Cl. The average Bonchev–Trinajstić information content (AvgIpc) is 3.11. The van der Waals surface area contributed by atoms with E-state index in [1.807, 2.05) is 11.3 Å². The number of thiophene rings is 1. The van der Waals surface area contributed by atoms with Gasteiger partial charge in [-0.25, -0.2) is 0 Å². The van der Waals surface area contributed by atoms with Gasteiger partial charge in [0.2, 0.25) is 0 Å². The van der Waals surface area contributed by atoms with E-state index in [4.69, 9.17) is 0 Å². The van der Waals surface area contributed by atoms with Crippen molar-refractivity contribution in [1.82, 2.24) is 4.90 Å². The molecule has 0 unspecified atom stereocenters. The standard InChI is InChI=1S/C22H26N2S.2ClH/c1-24(2)22(18-6-4-3-5-7-18)13-10-19(11-14-22)23-20-8-9-21-17(16-20)12-15-25-21;;/h3-9,12,15-16,19,23H,10-11,13-14H2,1-2H3;2*1H. The van der Waals surface area contributed by atoms with E-state index in [1.54, 1.807) is 0 Å². The van der Waals surface area contributed by atoms with E-state index in [0.717, 1.165) is 0 Å². The third-order valence-electron chi connectivity index (χ3n) is 5.80. The third-order valence-corrected chi connectivity index (χ3v) is 6.70. The van der Waals surface area contributed by atoms with Gasteiger partial charge < -0.3 is 5.32 Å². The van der Waals surface area contributed by atoms with Crippen molar-refractivity contribution in [3.05, 3.63) is 65.5 Å². The fourth-order valence-corrected chi connectivity index (χ4v) is 5.05. The number of halogens is 2. The molecular weight excluding hydrogens is 395 g/mol. The van der Waals surface area contributed by atoms with E-state index >= 15 is 0 Å². The Bertz CT molecular complexity index is 840. The summed E-state index contributed by atoms with van der Waals surface area (Å²) in [6.07, 6.45) is 4.80. The van der Waals surface area contributed by atoms with E-state index in [9.17, 15) is 0 Å². The summed E-state index contributed by atoms with van der Waals surface area (Å²) in [5.41, 5.74) is 2.89. The highest BCUT2D eigenvalue weighted by Crippen LogP contribution is 2.41. The Morgan fingerprint density at radius 1 is 0.963 bits per heavy atom. The molecule has 0 saturated heterocycles. The Labute approximate surface area is 178 Å². The first kappa shape index (κ1) is 22.0. The van der Waals surface area contributed by atoms with Gasteiger partial charge in [-0.05, 0) is 80.4 Å². The minimum Gasteiger partial charge on any atom is -0.382 e. The van der Waals surface area contributed by atoms with Crippen molar-refractivity contribution in [3.8, 4) is 0 Å². The lowest BCUT2D eigenvalue weighted by Gasteiger charge is -2.46. The summed E-state index contributed by atoms with van der Waals surface area (Å²) in [5, 5.41) is 7.29. The van der Waals surface area contributed by atoms with Gasteiger partial charge in [0.25, 0.3) is 0 Å². The Morgan fingerprint density at radius 3 is 2.33 bits per heavy atom. The molecule has 1 saturated carbocycles. The third kappa shape index (κ3) is 4.43. The van der Waals surface area contributed by atoms with Gasteiger partial charge in [-0.1, -0.05) is 30.3 Å². The molecule has 2 aromatic carbocycles. The number of hydrogen-bond donors (Lipinski definition) is 1. The van der Waals surface area contributed by atoms with Gasteiger partial charge in [0, 0.05) is 22.0 Å². The summed E-state index contributed by atoms with van der Waals surface area (Å²) in [7, 11) is 4.45. The van der Waals surface area contributed by atoms with Crippen LogP contribution in [0.15, 0.2) is 60.0 Å². The molecule has 4 rings (SSSR count). The van der Waals surface area contributed by atoms with Crippen molar-refractivity contribution in [3.63, 3.8) is 0 Å². The van der Waals surface area contributed by atoms with Crippen LogP contribution in [0.1, 0.15) is 31.2 Å². The van der Waals surface area contributed by atoms with E-state index in [0.29, 0.717) is 6.04 Å². The predicted octanol–water partition coefficient (Wildman–Crippen LogP) is 6.56. The van der Waals surface area contributed by atoms with E-state index in [-0.39, 0.29) is 30.4 Å². The van der Waals surface area contributed by atoms with Crippen LogP contribution in [0, 0.1) is 0 Å². The lowest BCUT2D eigenvalue weighted by molar-refractivity contribution is 0.0945. The van der Waals surface area contributed by atoms with Gasteiger partial charge in [0.05, 0.1) is 0 Å². The maximum atomic E-state index is 3.78. The molecule has 1 heterocycles. The van der Waals surface area contributed by atoms with Crippen molar-refractivity contribution in [2.75, 3.05) is 19.4 Å². The maximum absolute atomic E-state index is 3.78. The minimum absolute atomic E-state index is 0. The molecule has 0 radical (unpaired) electrons. The first-order valence-electron chi connectivity index (χ1n) is 9.14. The van der Waals surface area contributed by atoms with E-state index < -0.39 is 0 Å². The molecule has 5 heteroatoms. The molecule has 0 amide bonds. The molecule has 1 N–H and O–H groups in total. The first-order valence-corrected chi connectivity index (χ1v) is 10.0. The second kappa shape index (κ2) is 9.29. The summed E-state index contributed by atoms with van der Waals surface area (Å²) in [4.78, 5) is 2.43.